The van der Waals surface area contributed by atoms with Crippen molar-refractivity contribution in [3.63, 3.8) is 0 Å². The molecule has 0 bridgehead atoms. The molecule has 2 aromatic rings. The van der Waals surface area contributed by atoms with Crippen LogP contribution in [0, 0.1) is 5.92 Å². The fourth-order valence-corrected chi connectivity index (χ4v) is 4.44. The van der Waals surface area contributed by atoms with Crippen LogP contribution in [0.15, 0.2) is 36.4 Å². The van der Waals surface area contributed by atoms with Crippen LogP contribution in [-0.4, -0.2) is 34.3 Å². The van der Waals surface area contributed by atoms with Crippen LogP contribution in [0.4, 0.5) is 10.6 Å². The van der Waals surface area contributed by atoms with Crippen molar-refractivity contribution in [3.05, 3.63) is 47.7 Å². The van der Waals surface area contributed by atoms with Crippen molar-refractivity contribution in [2.45, 2.75) is 70.6 Å². The molecule has 1 aliphatic carbocycles. The van der Waals surface area contributed by atoms with Gasteiger partial charge in [0, 0.05) is 24.1 Å². The first kappa shape index (κ1) is 22.3. The van der Waals surface area contributed by atoms with Gasteiger partial charge in [-0.25, -0.2) is 9.48 Å². The lowest BCUT2D eigenvalue weighted by atomic mass is 9.92. The number of amides is 3. The molecule has 1 saturated heterocycles. The SMILES string of the molecule is CC(C)(C)c1cc(NC(=O)NCCCc2ccccc2)n(C2NC(=O)C3CCCC3N2)n1. The summed E-state index contributed by atoms with van der Waals surface area (Å²) in [7, 11) is 0. The van der Waals surface area contributed by atoms with Gasteiger partial charge in [0.05, 0.1) is 11.6 Å². The largest absolute Gasteiger partial charge is 0.338 e. The molecule has 0 spiro atoms. The number of carbonyl (C=O) groups excluding carboxylic acids is 2. The molecule has 1 aromatic carbocycles. The van der Waals surface area contributed by atoms with Crippen LogP contribution in [0.1, 0.15) is 64.0 Å². The Labute approximate surface area is 189 Å². The minimum absolute atomic E-state index is 0.0215. The number of nitrogens with one attached hydrogen (secondary N) is 4. The molecule has 3 atom stereocenters. The zero-order valence-corrected chi connectivity index (χ0v) is 19.1. The zero-order chi connectivity index (χ0) is 22.7. The molecule has 8 heteroatoms. The van der Waals surface area contributed by atoms with Gasteiger partial charge in [-0.1, -0.05) is 57.5 Å². The van der Waals surface area contributed by atoms with Crippen LogP contribution in [0.25, 0.3) is 0 Å². The quantitative estimate of drug-likeness (QED) is 0.520. The number of urea groups is 1. The van der Waals surface area contributed by atoms with Crippen LogP contribution >= 0.6 is 0 Å². The van der Waals surface area contributed by atoms with E-state index in [-0.39, 0.29) is 29.3 Å². The molecule has 2 fully saturated rings. The van der Waals surface area contributed by atoms with Crippen LogP contribution in [0.2, 0.25) is 0 Å². The van der Waals surface area contributed by atoms with Gasteiger partial charge in [0.1, 0.15) is 5.82 Å². The Bertz CT molecular complexity index is 949. The molecule has 4 N–H and O–H groups in total. The molecular formula is C24H34N6O2. The topological polar surface area (TPSA) is 100 Å². The van der Waals surface area contributed by atoms with Gasteiger partial charge in [-0.15, -0.1) is 0 Å². The Morgan fingerprint density at radius 3 is 2.75 bits per heavy atom. The van der Waals surface area contributed by atoms with E-state index in [1.54, 1.807) is 4.68 Å². The summed E-state index contributed by atoms with van der Waals surface area (Å²) in [4.78, 5) is 25.2. The standard InChI is InChI=1S/C24H34N6O2/c1-24(2,3)19-15-20(27-23(32)25-14-8-11-16-9-5-4-6-10-16)30(29-19)22-26-18-13-7-12-17(18)21(31)28-22/h4-6,9-10,15,17-18,22,26H,7-8,11-14H2,1-3H3,(H,28,31)(H2,25,27,32). The highest BCUT2D eigenvalue weighted by Crippen LogP contribution is 2.32. The maximum atomic E-state index is 12.6. The Kier molecular flexibility index (Phi) is 6.50. The van der Waals surface area contributed by atoms with Crippen molar-refractivity contribution < 1.29 is 9.59 Å². The Morgan fingerprint density at radius 2 is 2.00 bits per heavy atom. The first-order valence-electron chi connectivity index (χ1n) is 11.6. The van der Waals surface area contributed by atoms with E-state index in [4.69, 9.17) is 5.10 Å². The van der Waals surface area contributed by atoms with Gasteiger partial charge in [-0.2, -0.15) is 5.10 Å². The fraction of sp³-hybridized carbons (Fsp3) is 0.542. The Hall–Kier alpha value is -2.87. The number of hydrogen-bond donors (Lipinski definition) is 4. The van der Waals surface area contributed by atoms with Crippen molar-refractivity contribution in [1.29, 1.82) is 0 Å². The molecule has 8 nitrogen and oxygen atoms in total. The molecule has 3 amide bonds. The van der Waals surface area contributed by atoms with E-state index in [9.17, 15) is 9.59 Å². The van der Waals surface area contributed by atoms with Crippen molar-refractivity contribution in [1.82, 2.24) is 25.7 Å². The highest BCUT2D eigenvalue weighted by Gasteiger charge is 2.40. The van der Waals surface area contributed by atoms with E-state index >= 15 is 0 Å². The summed E-state index contributed by atoms with van der Waals surface area (Å²) in [6.07, 6.45) is 4.23. The predicted molar refractivity (Wildman–Crippen MR) is 124 cm³/mol. The summed E-state index contributed by atoms with van der Waals surface area (Å²) in [6, 6.07) is 12.0. The molecular weight excluding hydrogens is 404 g/mol. The minimum atomic E-state index is -0.480. The van der Waals surface area contributed by atoms with Gasteiger partial charge in [0.15, 0.2) is 6.29 Å². The first-order valence-corrected chi connectivity index (χ1v) is 11.6. The van der Waals surface area contributed by atoms with Gasteiger partial charge in [-0.3, -0.25) is 15.4 Å². The number of aromatic nitrogens is 2. The van der Waals surface area contributed by atoms with Gasteiger partial charge < -0.3 is 10.6 Å². The summed E-state index contributed by atoms with van der Waals surface area (Å²) in [5, 5.41) is 17.1. The predicted octanol–water partition coefficient (Wildman–Crippen LogP) is 3.28. The second-order valence-corrected chi connectivity index (χ2v) is 9.80. The third-order valence-electron chi connectivity index (χ3n) is 6.26. The van der Waals surface area contributed by atoms with Crippen molar-refractivity contribution in [2.75, 3.05) is 11.9 Å². The monoisotopic (exact) mass is 438 g/mol. The number of hydrogen-bond acceptors (Lipinski definition) is 4. The van der Waals surface area contributed by atoms with E-state index in [0.29, 0.717) is 12.4 Å². The van der Waals surface area contributed by atoms with Crippen LogP contribution < -0.4 is 21.3 Å². The highest BCUT2D eigenvalue weighted by atomic mass is 16.2. The molecule has 1 saturated carbocycles. The van der Waals surface area contributed by atoms with Crippen molar-refractivity contribution >= 4 is 17.8 Å². The highest BCUT2D eigenvalue weighted by molar-refractivity contribution is 5.88. The van der Waals surface area contributed by atoms with E-state index in [1.807, 2.05) is 24.3 Å². The lowest BCUT2D eigenvalue weighted by Crippen LogP contribution is -2.57. The molecule has 2 aliphatic rings. The summed E-state index contributed by atoms with van der Waals surface area (Å²) in [6.45, 7) is 6.80. The van der Waals surface area contributed by atoms with Gasteiger partial charge >= 0.3 is 6.03 Å². The van der Waals surface area contributed by atoms with E-state index < -0.39 is 6.29 Å². The summed E-state index contributed by atoms with van der Waals surface area (Å²) < 4.78 is 1.69. The average Bonchev–Trinajstić information content (AvgIpc) is 3.39. The van der Waals surface area contributed by atoms with Crippen molar-refractivity contribution in [2.24, 2.45) is 5.92 Å². The number of aryl methyl sites for hydroxylation is 1. The molecule has 1 aromatic heterocycles. The van der Waals surface area contributed by atoms with E-state index in [1.165, 1.54) is 5.56 Å². The lowest BCUT2D eigenvalue weighted by Gasteiger charge is -2.34. The first-order chi connectivity index (χ1) is 15.3. The third-order valence-corrected chi connectivity index (χ3v) is 6.26. The number of fused-ring (bicyclic) bond motifs is 1. The normalized spacial score (nSPS) is 22.8. The molecule has 1 aliphatic heterocycles. The van der Waals surface area contributed by atoms with Crippen LogP contribution in [0.3, 0.4) is 0 Å². The van der Waals surface area contributed by atoms with Gasteiger partial charge in [-0.05, 0) is 31.2 Å². The number of rotatable bonds is 6. The number of anilines is 1. The molecule has 0 radical (unpaired) electrons. The Balaban J connectivity index is 1.41. The molecule has 3 unspecified atom stereocenters. The number of carbonyl (C=O) groups is 2. The summed E-state index contributed by atoms with van der Waals surface area (Å²) in [5.74, 6) is 0.637. The summed E-state index contributed by atoms with van der Waals surface area (Å²) >= 11 is 0. The zero-order valence-electron chi connectivity index (χ0n) is 19.1. The van der Waals surface area contributed by atoms with Gasteiger partial charge in [0.25, 0.3) is 0 Å². The second kappa shape index (κ2) is 9.32. The molecule has 32 heavy (non-hydrogen) atoms. The average molecular weight is 439 g/mol. The second-order valence-electron chi connectivity index (χ2n) is 9.80. The minimum Gasteiger partial charge on any atom is -0.338 e. The maximum absolute atomic E-state index is 12.6. The van der Waals surface area contributed by atoms with Crippen LogP contribution in [-0.2, 0) is 16.6 Å². The lowest BCUT2D eigenvalue weighted by molar-refractivity contribution is -0.130. The van der Waals surface area contributed by atoms with E-state index in [0.717, 1.165) is 37.8 Å². The smallest absolute Gasteiger partial charge is 0.320 e. The van der Waals surface area contributed by atoms with Crippen molar-refractivity contribution in [3.8, 4) is 0 Å². The van der Waals surface area contributed by atoms with Gasteiger partial charge in [0.2, 0.25) is 5.91 Å². The molecule has 4 rings (SSSR count). The maximum Gasteiger partial charge on any atom is 0.320 e. The number of benzene rings is 1. The third kappa shape index (κ3) is 5.12. The fourth-order valence-electron chi connectivity index (χ4n) is 4.44. The molecule has 2 heterocycles. The van der Waals surface area contributed by atoms with E-state index in [2.05, 4.69) is 54.2 Å². The van der Waals surface area contributed by atoms with Crippen LogP contribution in [0.5, 0.6) is 0 Å². The Morgan fingerprint density at radius 1 is 1.22 bits per heavy atom. The molecule has 172 valence electrons. The summed E-state index contributed by atoms with van der Waals surface area (Å²) in [5.41, 5.74) is 1.91. The number of nitrogens with zero attached hydrogens (tertiary/aromatic N) is 2.